The van der Waals surface area contributed by atoms with Crippen LogP contribution in [0.3, 0.4) is 0 Å². The van der Waals surface area contributed by atoms with Gasteiger partial charge >= 0.3 is 11.9 Å². The maximum atomic E-state index is 11.0. The van der Waals surface area contributed by atoms with Crippen molar-refractivity contribution in [3.63, 3.8) is 0 Å². The van der Waals surface area contributed by atoms with Crippen molar-refractivity contribution in [2.45, 2.75) is 13.8 Å². The van der Waals surface area contributed by atoms with Gasteiger partial charge in [0.05, 0.1) is 6.61 Å². The molecule has 0 heterocycles. The van der Waals surface area contributed by atoms with Crippen molar-refractivity contribution in [1.82, 2.24) is 0 Å². The number of ether oxygens (including phenoxy) is 3. The Morgan fingerprint density at radius 3 is 2.23 bits per heavy atom. The van der Waals surface area contributed by atoms with Gasteiger partial charge in [-0.1, -0.05) is 31.4 Å². The van der Waals surface area contributed by atoms with Crippen molar-refractivity contribution in [1.29, 1.82) is 0 Å². The van der Waals surface area contributed by atoms with Crippen LogP contribution < -0.4 is 4.74 Å². The highest BCUT2D eigenvalue weighted by Crippen LogP contribution is 2.07. The van der Waals surface area contributed by atoms with E-state index in [0.29, 0.717) is 18.8 Å². The Labute approximate surface area is 131 Å². The first-order valence-electron chi connectivity index (χ1n) is 6.80. The number of carbonyl (C=O) groups is 2. The third-order valence-corrected chi connectivity index (χ3v) is 2.13. The Hall–Kier alpha value is -2.56. The average molecular weight is 306 g/mol. The second kappa shape index (κ2) is 12.2. The van der Waals surface area contributed by atoms with E-state index in [9.17, 15) is 9.59 Å². The van der Waals surface area contributed by atoms with E-state index in [0.717, 1.165) is 11.8 Å². The normalized spacial score (nSPS) is 8.82. The quantitative estimate of drug-likeness (QED) is 0.440. The fraction of sp³-hybridized carbons (Fsp3) is 0.294. The molecule has 5 nitrogen and oxygen atoms in total. The fourth-order valence-electron chi connectivity index (χ4n) is 1.13. The van der Waals surface area contributed by atoms with Crippen LogP contribution in [-0.4, -0.2) is 31.8 Å². The molecular formula is C17H22O5. The highest BCUT2D eigenvalue weighted by Gasteiger charge is 2.01. The molecule has 0 aliphatic heterocycles. The third-order valence-electron chi connectivity index (χ3n) is 2.13. The van der Waals surface area contributed by atoms with E-state index in [1.807, 2.05) is 30.3 Å². The topological polar surface area (TPSA) is 61.8 Å². The number of hydrogen-bond donors (Lipinski definition) is 0. The van der Waals surface area contributed by atoms with Crippen LogP contribution in [0.1, 0.15) is 13.8 Å². The Kier molecular flexibility index (Phi) is 10.8. The number of benzene rings is 1. The predicted molar refractivity (Wildman–Crippen MR) is 84.5 cm³/mol. The highest BCUT2D eigenvalue weighted by molar-refractivity contribution is 5.86. The van der Waals surface area contributed by atoms with Gasteiger partial charge < -0.3 is 14.2 Å². The lowest BCUT2D eigenvalue weighted by Gasteiger charge is -2.06. The van der Waals surface area contributed by atoms with Gasteiger partial charge in [-0.2, -0.15) is 0 Å². The molecule has 120 valence electrons. The molecule has 0 spiro atoms. The molecule has 1 aromatic rings. The lowest BCUT2D eigenvalue weighted by molar-refractivity contribution is -0.139. The van der Waals surface area contributed by atoms with E-state index in [4.69, 9.17) is 9.47 Å². The molecule has 1 aromatic carbocycles. The molecule has 0 amide bonds. The Bertz CT molecular complexity index is 479. The molecule has 0 aliphatic rings. The molecule has 0 N–H and O–H groups in total. The number of esters is 2. The number of para-hydroxylation sites is 1. The summed E-state index contributed by atoms with van der Waals surface area (Å²) in [6, 6.07) is 9.37. The zero-order valence-corrected chi connectivity index (χ0v) is 13.0. The summed E-state index contributed by atoms with van der Waals surface area (Å²) in [6.45, 7) is 11.1. The Morgan fingerprint density at radius 1 is 1.14 bits per heavy atom. The van der Waals surface area contributed by atoms with Gasteiger partial charge in [0, 0.05) is 11.6 Å². The molecule has 0 saturated heterocycles. The summed E-state index contributed by atoms with van der Waals surface area (Å²) >= 11 is 0. The van der Waals surface area contributed by atoms with Crippen LogP contribution in [0.5, 0.6) is 5.75 Å². The van der Waals surface area contributed by atoms with Crippen molar-refractivity contribution in [2.24, 2.45) is 0 Å². The summed E-state index contributed by atoms with van der Waals surface area (Å²) < 4.78 is 14.6. The zero-order chi connectivity index (χ0) is 16.8. The summed E-state index contributed by atoms with van der Waals surface area (Å²) in [5.74, 6) is 0.0260. The van der Waals surface area contributed by atoms with Crippen LogP contribution in [0.25, 0.3) is 0 Å². The van der Waals surface area contributed by atoms with E-state index >= 15 is 0 Å². The molecule has 1 rings (SSSR count). The Balaban J connectivity index is 0.000000534. The van der Waals surface area contributed by atoms with Crippen LogP contribution in [0.2, 0.25) is 0 Å². The average Bonchev–Trinajstić information content (AvgIpc) is 2.53. The maximum absolute atomic E-state index is 11.0. The minimum Gasteiger partial charge on any atom is -0.490 e. The van der Waals surface area contributed by atoms with Gasteiger partial charge in [0.25, 0.3) is 0 Å². The predicted octanol–water partition coefficient (Wildman–Crippen LogP) is 2.92. The van der Waals surface area contributed by atoms with E-state index in [1.165, 1.54) is 0 Å². The van der Waals surface area contributed by atoms with E-state index in [-0.39, 0.29) is 18.5 Å². The molecule has 5 heteroatoms. The SMILES string of the molecule is C=C(C)C(=O)OCCOc1ccccc1.C=CC(=O)OCC. The van der Waals surface area contributed by atoms with Gasteiger partial charge in [-0.05, 0) is 26.0 Å². The summed E-state index contributed by atoms with van der Waals surface area (Å²) in [6.07, 6.45) is 1.14. The first-order valence-corrected chi connectivity index (χ1v) is 6.80. The maximum Gasteiger partial charge on any atom is 0.333 e. The van der Waals surface area contributed by atoms with Crippen molar-refractivity contribution >= 4 is 11.9 Å². The first-order chi connectivity index (χ1) is 10.5. The minimum atomic E-state index is -0.383. The van der Waals surface area contributed by atoms with Crippen molar-refractivity contribution in [3.05, 3.63) is 55.1 Å². The molecular weight excluding hydrogens is 284 g/mol. The second-order valence-electron chi connectivity index (χ2n) is 4.03. The third kappa shape index (κ3) is 10.3. The van der Waals surface area contributed by atoms with Gasteiger partial charge in [0.1, 0.15) is 19.0 Å². The van der Waals surface area contributed by atoms with Crippen molar-refractivity contribution < 1.29 is 23.8 Å². The fourth-order valence-corrected chi connectivity index (χ4v) is 1.13. The van der Waals surface area contributed by atoms with Crippen LogP contribution >= 0.6 is 0 Å². The van der Waals surface area contributed by atoms with Crippen molar-refractivity contribution in [3.8, 4) is 5.75 Å². The molecule has 0 fully saturated rings. The molecule has 0 aromatic heterocycles. The van der Waals surface area contributed by atoms with Crippen LogP contribution in [0.4, 0.5) is 0 Å². The Morgan fingerprint density at radius 2 is 1.77 bits per heavy atom. The van der Waals surface area contributed by atoms with Gasteiger partial charge in [-0.25, -0.2) is 9.59 Å². The van der Waals surface area contributed by atoms with Crippen LogP contribution in [-0.2, 0) is 19.1 Å². The number of rotatable bonds is 7. The molecule has 0 bridgehead atoms. The van der Waals surface area contributed by atoms with Crippen LogP contribution in [0.15, 0.2) is 55.1 Å². The lowest BCUT2D eigenvalue weighted by atomic mass is 10.3. The summed E-state index contributed by atoms with van der Waals surface area (Å²) in [5.41, 5.74) is 0.398. The molecule has 22 heavy (non-hydrogen) atoms. The standard InChI is InChI=1S/C12H14O3.C5H8O2/c1-10(2)12(13)15-9-8-14-11-6-4-3-5-7-11;1-3-5(6)7-4-2/h3-7H,1,8-9H2,2H3;3H,1,4H2,2H3. The summed E-state index contributed by atoms with van der Waals surface area (Å²) in [4.78, 5) is 21.0. The lowest BCUT2D eigenvalue weighted by Crippen LogP contribution is -2.12. The summed E-state index contributed by atoms with van der Waals surface area (Å²) in [5, 5.41) is 0. The monoisotopic (exact) mass is 306 g/mol. The van der Waals surface area contributed by atoms with Gasteiger partial charge in [-0.3, -0.25) is 0 Å². The molecule has 0 aliphatic carbocycles. The van der Waals surface area contributed by atoms with E-state index < -0.39 is 0 Å². The van der Waals surface area contributed by atoms with Crippen molar-refractivity contribution in [2.75, 3.05) is 19.8 Å². The highest BCUT2D eigenvalue weighted by atomic mass is 16.6. The van der Waals surface area contributed by atoms with E-state index in [2.05, 4.69) is 17.9 Å². The second-order valence-corrected chi connectivity index (χ2v) is 4.03. The van der Waals surface area contributed by atoms with Gasteiger partial charge in [-0.15, -0.1) is 0 Å². The molecule has 0 radical (unpaired) electrons. The number of carbonyl (C=O) groups excluding carboxylic acids is 2. The zero-order valence-electron chi connectivity index (χ0n) is 13.0. The van der Waals surface area contributed by atoms with Gasteiger partial charge in [0.15, 0.2) is 0 Å². The molecule has 0 saturated carbocycles. The summed E-state index contributed by atoms with van der Waals surface area (Å²) in [7, 11) is 0. The molecule has 0 unspecified atom stereocenters. The molecule has 0 atom stereocenters. The van der Waals surface area contributed by atoms with Gasteiger partial charge in [0.2, 0.25) is 0 Å². The minimum absolute atomic E-state index is 0.237. The smallest absolute Gasteiger partial charge is 0.333 e. The van der Waals surface area contributed by atoms with E-state index in [1.54, 1.807) is 13.8 Å². The number of hydrogen-bond acceptors (Lipinski definition) is 5. The largest absolute Gasteiger partial charge is 0.490 e. The first kappa shape index (κ1) is 19.4. The van der Waals surface area contributed by atoms with Crippen LogP contribution in [0, 0.1) is 0 Å².